The molecule has 0 fully saturated rings. The molecule has 0 saturated heterocycles. The summed E-state index contributed by atoms with van der Waals surface area (Å²) in [4.78, 5) is 27.3. The van der Waals surface area contributed by atoms with Gasteiger partial charge in [-0.3, -0.25) is 4.79 Å². The Morgan fingerprint density at radius 2 is 1.80 bits per heavy atom. The molecule has 0 atom stereocenters. The monoisotopic (exact) mass is 450 g/mol. The third-order valence-electron chi connectivity index (χ3n) is 3.87. The molecule has 0 aliphatic carbocycles. The number of carboxylic acid groups (broad SMARTS) is 1. The van der Waals surface area contributed by atoms with Crippen LogP contribution in [-0.4, -0.2) is 29.1 Å². The van der Waals surface area contributed by atoms with Gasteiger partial charge in [0.05, 0.1) is 34.6 Å². The number of hydrogen-bond donors (Lipinski definition) is 2. The van der Waals surface area contributed by atoms with E-state index in [4.69, 9.17) is 37.8 Å². The number of carbonyl (C=O) groups excluding carboxylic acids is 1. The van der Waals surface area contributed by atoms with Crippen molar-refractivity contribution in [3.63, 3.8) is 0 Å². The first-order chi connectivity index (χ1) is 14.3. The normalized spacial score (nSPS) is 10.4. The molecule has 0 spiro atoms. The van der Waals surface area contributed by atoms with Gasteiger partial charge in [0.15, 0.2) is 11.6 Å². The van der Waals surface area contributed by atoms with Gasteiger partial charge in [-0.05, 0) is 30.3 Å². The molecular weight excluding hydrogens is 438 g/mol. The van der Waals surface area contributed by atoms with Crippen molar-refractivity contribution >= 4 is 40.8 Å². The van der Waals surface area contributed by atoms with Gasteiger partial charge in [-0.25, -0.2) is 14.2 Å². The van der Waals surface area contributed by atoms with Crippen molar-refractivity contribution < 1.29 is 28.6 Å². The summed E-state index contributed by atoms with van der Waals surface area (Å²) in [5.41, 5.74) is 0.0288. The molecule has 30 heavy (non-hydrogen) atoms. The SMILES string of the molecule is COc1ccc(Oc2cc(Cl)c(Cl)cc2C(=O)Nc2ccc(C(=O)O)nc2)c(F)c1. The number of hydrogen-bond acceptors (Lipinski definition) is 5. The van der Waals surface area contributed by atoms with Gasteiger partial charge in [-0.2, -0.15) is 0 Å². The summed E-state index contributed by atoms with van der Waals surface area (Å²) in [6.07, 6.45) is 1.18. The number of halogens is 3. The van der Waals surface area contributed by atoms with Crippen molar-refractivity contribution in [2.75, 3.05) is 12.4 Å². The molecule has 0 saturated carbocycles. The van der Waals surface area contributed by atoms with Crippen LogP contribution in [0.2, 0.25) is 10.0 Å². The maximum absolute atomic E-state index is 14.3. The standard InChI is InChI=1S/C20H13Cl2FN2O5/c1-29-11-3-5-17(15(23)6-11)30-18-8-14(22)13(21)7-12(18)19(26)25-10-2-4-16(20(27)28)24-9-10/h2-9H,1H3,(H,25,26)(H,27,28). The van der Waals surface area contributed by atoms with Gasteiger partial charge < -0.3 is 19.9 Å². The first-order valence-corrected chi connectivity index (χ1v) is 9.05. The third kappa shape index (κ3) is 4.79. The van der Waals surface area contributed by atoms with Gasteiger partial charge in [0.1, 0.15) is 17.2 Å². The number of carbonyl (C=O) groups is 2. The van der Waals surface area contributed by atoms with Crippen LogP contribution in [0, 0.1) is 5.82 Å². The summed E-state index contributed by atoms with van der Waals surface area (Å²) in [5, 5.41) is 11.6. The van der Waals surface area contributed by atoms with Gasteiger partial charge >= 0.3 is 5.97 Å². The van der Waals surface area contributed by atoms with Crippen LogP contribution in [0.1, 0.15) is 20.8 Å². The van der Waals surface area contributed by atoms with Crippen LogP contribution in [0.15, 0.2) is 48.7 Å². The number of benzene rings is 2. The second-order valence-electron chi connectivity index (χ2n) is 5.85. The summed E-state index contributed by atoms with van der Waals surface area (Å²) < 4.78 is 24.8. The maximum atomic E-state index is 14.3. The van der Waals surface area contributed by atoms with Crippen LogP contribution in [0.4, 0.5) is 10.1 Å². The molecule has 0 bridgehead atoms. The first kappa shape index (κ1) is 21.4. The van der Waals surface area contributed by atoms with E-state index in [0.29, 0.717) is 5.75 Å². The van der Waals surface area contributed by atoms with Crippen LogP contribution >= 0.6 is 23.2 Å². The highest BCUT2D eigenvalue weighted by Crippen LogP contribution is 2.35. The Hall–Kier alpha value is -3.36. The molecule has 1 heterocycles. The highest BCUT2D eigenvalue weighted by Gasteiger charge is 2.19. The quantitative estimate of drug-likeness (QED) is 0.530. The van der Waals surface area contributed by atoms with Crippen molar-refractivity contribution in [3.05, 3.63) is 75.8 Å². The van der Waals surface area contributed by atoms with Gasteiger partial charge in [0.2, 0.25) is 0 Å². The number of nitrogens with zero attached hydrogens (tertiary/aromatic N) is 1. The first-order valence-electron chi connectivity index (χ1n) is 8.29. The van der Waals surface area contributed by atoms with Crippen LogP contribution in [0.5, 0.6) is 17.2 Å². The molecule has 0 unspecified atom stereocenters. The highest BCUT2D eigenvalue weighted by atomic mass is 35.5. The zero-order chi connectivity index (χ0) is 21.8. The lowest BCUT2D eigenvalue weighted by Crippen LogP contribution is -2.14. The lowest BCUT2D eigenvalue weighted by molar-refractivity contribution is 0.0690. The van der Waals surface area contributed by atoms with Gasteiger partial charge in [-0.15, -0.1) is 0 Å². The molecular formula is C20H13Cl2FN2O5. The average Bonchev–Trinajstić information content (AvgIpc) is 2.72. The zero-order valence-electron chi connectivity index (χ0n) is 15.3. The summed E-state index contributed by atoms with van der Waals surface area (Å²) in [7, 11) is 1.40. The highest BCUT2D eigenvalue weighted by molar-refractivity contribution is 6.42. The van der Waals surface area contributed by atoms with Crippen LogP contribution in [0.3, 0.4) is 0 Å². The Balaban J connectivity index is 1.91. The van der Waals surface area contributed by atoms with E-state index in [0.717, 1.165) is 6.07 Å². The van der Waals surface area contributed by atoms with E-state index in [1.807, 2.05) is 0 Å². The summed E-state index contributed by atoms with van der Waals surface area (Å²) >= 11 is 12.1. The lowest BCUT2D eigenvalue weighted by Gasteiger charge is -2.14. The van der Waals surface area contributed by atoms with Crippen LogP contribution < -0.4 is 14.8 Å². The number of pyridine rings is 1. The minimum Gasteiger partial charge on any atom is -0.497 e. The fourth-order valence-electron chi connectivity index (χ4n) is 2.39. The summed E-state index contributed by atoms with van der Waals surface area (Å²) in [6, 6.07) is 9.12. The fraction of sp³-hybridized carbons (Fsp3) is 0.0500. The molecule has 2 N–H and O–H groups in total. The van der Waals surface area contributed by atoms with Crippen molar-refractivity contribution in [2.45, 2.75) is 0 Å². The predicted octanol–water partition coefficient (Wildman–Crippen LogP) is 5.28. The largest absolute Gasteiger partial charge is 0.497 e. The van der Waals surface area contributed by atoms with E-state index in [1.54, 1.807) is 0 Å². The van der Waals surface area contributed by atoms with Crippen molar-refractivity contribution in [1.29, 1.82) is 0 Å². The number of nitrogens with one attached hydrogen (secondary N) is 1. The molecule has 0 aliphatic heterocycles. The number of anilines is 1. The molecule has 10 heteroatoms. The predicted molar refractivity (Wildman–Crippen MR) is 109 cm³/mol. The minimum absolute atomic E-state index is 0.0260. The number of methoxy groups -OCH3 is 1. The molecule has 1 aromatic heterocycles. The number of rotatable bonds is 6. The third-order valence-corrected chi connectivity index (χ3v) is 4.59. The van der Waals surface area contributed by atoms with E-state index in [1.165, 1.54) is 49.7 Å². The number of amides is 1. The van der Waals surface area contributed by atoms with Gasteiger partial charge in [-0.1, -0.05) is 23.2 Å². The van der Waals surface area contributed by atoms with Crippen molar-refractivity contribution in [2.24, 2.45) is 0 Å². The Morgan fingerprint density at radius 3 is 2.40 bits per heavy atom. The lowest BCUT2D eigenvalue weighted by atomic mass is 10.1. The molecule has 3 rings (SSSR count). The number of carboxylic acids is 1. The molecule has 154 valence electrons. The number of aromatic nitrogens is 1. The Labute approximate surface area is 180 Å². The Morgan fingerprint density at radius 1 is 1.07 bits per heavy atom. The van der Waals surface area contributed by atoms with Gasteiger partial charge in [0, 0.05) is 12.1 Å². The number of aromatic carboxylic acids is 1. The fourth-order valence-corrected chi connectivity index (χ4v) is 2.71. The second kappa shape index (κ2) is 8.98. The zero-order valence-corrected chi connectivity index (χ0v) is 16.8. The molecule has 3 aromatic rings. The molecule has 2 aromatic carbocycles. The molecule has 0 aliphatic rings. The van der Waals surface area contributed by atoms with Crippen LogP contribution in [0.25, 0.3) is 0 Å². The Bertz CT molecular complexity index is 1120. The van der Waals surface area contributed by atoms with Gasteiger partial charge in [0.25, 0.3) is 5.91 Å². The van der Waals surface area contributed by atoms with Crippen molar-refractivity contribution in [3.8, 4) is 17.2 Å². The van der Waals surface area contributed by atoms with E-state index in [9.17, 15) is 14.0 Å². The maximum Gasteiger partial charge on any atom is 0.354 e. The average molecular weight is 451 g/mol. The summed E-state index contributed by atoms with van der Waals surface area (Å²) in [5.74, 6) is -2.46. The van der Waals surface area contributed by atoms with E-state index in [2.05, 4.69) is 10.3 Å². The summed E-state index contributed by atoms with van der Waals surface area (Å²) in [6.45, 7) is 0. The van der Waals surface area contributed by atoms with E-state index in [-0.39, 0.29) is 38.5 Å². The Kier molecular flexibility index (Phi) is 6.39. The second-order valence-corrected chi connectivity index (χ2v) is 6.67. The van der Waals surface area contributed by atoms with E-state index >= 15 is 0 Å². The van der Waals surface area contributed by atoms with Crippen molar-refractivity contribution in [1.82, 2.24) is 4.98 Å². The minimum atomic E-state index is -1.20. The molecule has 0 radical (unpaired) electrons. The smallest absolute Gasteiger partial charge is 0.354 e. The number of ether oxygens (including phenoxy) is 2. The topological polar surface area (TPSA) is 97.8 Å². The molecule has 1 amide bonds. The van der Waals surface area contributed by atoms with E-state index < -0.39 is 17.7 Å². The van der Waals surface area contributed by atoms with Crippen LogP contribution in [-0.2, 0) is 0 Å². The molecule has 7 nitrogen and oxygen atoms in total.